The highest BCUT2D eigenvalue weighted by Crippen LogP contribution is 2.06. The van der Waals surface area contributed by atoms with E-state index in [9.17, 15) is 9.00 Å². The Morgan fingerprint density at radius 3 is 2.50 bits per heavy atom. The van der Waals surface area contributed by atoms with Gasteiger partial charge in [-0.3, -0.25) is 4.21 Å². The average molecular weight is 299 g/mol. The molecule has 1 N–H and O–H groups in total. The molecule has 1 aromatic carbocycles. The smallest absolute Gasteiger partial charge is 0.408 e. The van der Waals surface area contributed by atoms with Crippen LogP contribution in [0.2, 0.25) is 0 Å². The lowest BCUT2D eigenvalue weighted by atomic mass is 10.2. The van der Waals surface area contributed by atoms with E-state index in [1.54, 1.807) is 20.8 Å². The summed E-state index contributed by atoms with van der Waals surface area (Å²) in [5.74, 6) is 0.0917. The fourth-order valence-corrected chi connectivity index (χ4v) is 1.95. The van der Waals surface area contributed by atoms with Gasteiger partial charge in [-0.2, -0.15) is 0 Å². The molecule has 0 unspecified atom stereocenters. The summed E-state index contributed by atoms with van der Waals surface area (Å²) < 4.78 is 22.0. The monoisotopic (exact) mass is 299 g/mol. The first-order valence-corrected chi connectivity index (χ1v) is 7.79. The number of amides is 1. The molecule has 112 valence electrons. The highest BCUT2D eigenvalue weighted by molar-refractivity contribution is 7.84. The molecule has 0 saturated carbocycles. The standard InChI is InChI=1S/C14H21NO4S/c1-14(2,3)19-13(16)15-10-20(17)11-18-9-12-7-5-4-6-8-12/h4-8H,9-11H2,1-3H3,(H,15,16)/t20-/m0/s1. The first kappa shape index (κ1) is 16.7. The van der Waals surface area contributed by atoms with E-state index in [0.717, 1.165) is 5.56 Å². The Balaban J connectivity index is 2.16. The number of carbonyl (C=O) groups is 1. The van der Waals surface area contributed by atoms with Crippen molar-refractivity contribution in [3.05, 3.63) is 35.9 Å². The van der Waals surface area contributed by atoms with Gasteiger partial charge in [0.1, 0.15) is 11.5 Å². The molecule has 0 radical (unpaired) electrons. The minimum absolute atomic E-state index is 0.0176. The van der Waals surface area contributed by atoms with Gasteiger partial charge >= 0.3 is 6.09 Å². The first-order valence-electron chi connectivity index (χ1n) is 6.30. The van der Waals surface area contributed by atoms with Crippen LogP contribution in [-0.2, 0) is 26.9 Å². The van der Waals surface area contributed by atoms with Crippen molar-refractivity contribution in [2.75, 3.05) is 11.8 Å². The fourth-order valence-electron chi connectivity index (χ4n) is 1.32. The molecule has 0 spiro atoms. The summed E-state index contributed by atoms with van der Waals surface area (Å²) >= 11 is 0. The van der Waals surface area contributed by atoms with Crippen LogP contribution in [0.4, 0.5) is 4.79 Å². The number of rotatable bonds is 6. The molecule has 0 bridgehead atoms. The molecule has 1 rings (SSSR count). The van der Waals surface area contributed by atoms with Crippen LogP contribution in [0.15, 0.2) is 30.3 Å². The molecule has 0 heterocycles. The van der Waals surface area contributed by atoms with E-state index in [-0.39, 0.29) is 11.8 Å². The first-order chi connectivity index (χ1) is 9.37. The van der Waals surface area contributed by atoms with E-state index in [1.165, 1.54) is 0 Å². The fraction of sp³-hybridized carbons (Fsp3) is 0.500. The van der Waals surface area contributed by atoms with Crippen molar-refractivity contribution >= 4 is 16.9 Å². The van der Waals surface area contributed by atoms with E-state index < -0.39 is 22.5 Å². The van der Waals surface area contributed by atoms with Crippen molar-refractivity contribution in [3.63, 3.8) is 0 Å². The molecule has 0 saturated heterocycles. The van der Waals surface area contributed by atoms with Crippen molar-refractivity contribution in [3.8, 4) is 0 Å². The summed E-state index contributed by atoms with van der Waals surface area (Å²) in [5.41, 5.74) is 0.458. The zero-order chi connectivity index (χ0) is 15.0. The Morgan fingerprint density at radius 2 is 1.90 bits per heavy atom. The SMILES string of the molecule is CC(C)(C)OC(=O)NC[S@](=O)COCc1ccccc1. The highest BCUT2D eigenvalue weighted by atomic mass is 32.2. The lowest BCUT2D eigenvalue weighted by molar-refractivity contribution is 0.0537. The normalized spacial score (nSPS) is 12.8. The molecule has 0 aliphatic carbocycles. The summed E-state index contributed by atoms with van der Waals surface area (Å²) in [6.07, 6.45) is -0.575. The van der Waals surface area contributed by atoms with Gasteiger partial charge in [0.15, 0.2) is 0 Å². The quantitative estimate of drug-likeness (QED) is 0.876. The third-order valence-corrected chi connectivity index (χ3v) is 3.00. The Labute approximate surface area is 122 Å². The molecule has 20 heavy (non-hydrogen) atoms. The lowest BCUT2D eigenvalue weighted by Gasteiger charge is -2.19. The van der Waals surface area contributed by atoms with Gasteiger partial charge in [0, 0.05) is 0 Å². The third-order valence-electron chi connectivity index (χ3n) is 2.10. The number of nitrogens with one attached hydrogen (secondary N) is 1. The van der Waals surface area contributed by atoms with E-state index >= 15 is 0 Å². The Kier molecular flexibility index (Phi) is 6.67. The molecule has 0 aliphatic heterocycles. The van der Waals surface area contributed by atoms with Gasteiger partial charge < -0.3 is 14.8 Å². The molecule has 0 aliphatic rings. The predicted octanol–water partition coefficient (Wildman–Crippen LogP) is 2.39. The summed E-state index contributed by atoms with van der Waals surface area (Å²) in [4.78, 5) is 11.3. The van der Waals surface area contributed by atoms with Crippen LogP contribution in [0.3, 0.4) is 0 Å². The predicted molar refractivity (Wildman–Crippen MR) is 78.5 cm³/mol. The number of hydrogen-bond donors (Lipinski definition) is 1. The van der Waals surface area contributed by atoms with E-state index in [2.05, 4.69) is 5.32 Å². The zero-order valence-corrected chi connectivity index (χ0v) is 12.9. The van der Waals surface area contributed by atoms with Gasteiger partial charge in [-0.05, 0) is 26.3 Å². The number of ether oxygens (including phenoxy) is 2. The van der Waals surface area contributed by atoms with Gasteiger partial charge in [-0.25, -0.2) is 4.79 Å². The van der Waals surface area contributed by atoms with E-state index in [1.807, 2.05) is 30.3 Å². The van der Waals surface area contributed by atoms with E-state index in [0.29, 0.717) is 6.61 Å². The maximum absolute atomic E-state index is 11.6. The van der Waals surface area contributed by atoms with Crippen LogP contribution in [-0.4, -0.2) is 27.7 Å². The molecule has 1 aromatic rings. The van der Waals surface area contributed by atoms with Crippen LogP contribution in [0.1, 0.15) is 26.3 Å². The van der Waals surface area contributed by atoms with Crippen LogP contribution in [0, 0.1) is 0 Å². The largest absolute Gasteiger partial charge is 0.444 e. The molecule has 6 heteroatoms. The third kappa shape index (κ3) is 7.91. The van der Waals surface area contributed by atoms with Gasteiger partial charge in [0.2, 0.25) is 0 Å². The van der Waals surface area contributed by atoms with Crippen molar-refractivity contribution in [2.24, 2.45) is 0 Å². The molecular formula is C14H21NO4S. The van der Waals surface area contributed by atoms with Crippen molar-refractivity contribution in [1.82, 2.24) is 5.32 Å². The van der Waals surface area contributed by atoms with Gasteiger partial charge in [0.05, 0.1) is 23.3 Å². The topological polar surface area (TPSA) is 64.6 Å². The second-order valence-corrected chi connectivity index (χ2v) is 6.62. The molecule has 0 fully saturated rings. The van der Waals surface area contributed by atoms with Crippen LogP contribution in [0.5, 0.6) is 0 Å². The Bertz CT molecular complexity index is 442. The summed E-state index contributed by atoms with van der Waals surface area (Å²) in [6.45, 7) is 5.71. The lowest BCUT2D eigenvalue weighted by Crippen LogP contribution is -2.34. The second kappa shape index (κ2) is 8.01. The number of alkyl carbamates (subject to hydrolysis) is 1. The molecule has 1 amide bonds. The molecule has 0 aromatic heterocycles. The van der Waals surface area contributed by atoms with Gasteiger partial charge in [0.25, 0.3) is 0 Å². The van der Waals surface area contributed by atoms with Crippen LogP contribution < -0.4 is 5.32 Å². The zero-order valence-electron chi connectivity index (χ0n) is 12.0. The highest BCUT2D eigenvalue weighted by Gasteiger charge is 2.16. The van der Waals surface area contributed by atoms with Crippen LogP contribution in [0.25, 0.3) is 0 Å². The molecule has 1 atom stereocenters. The van der Waals surface area contributed by atoms with Crippen molar-refractivity contribution in [1.29, 1.82) is 0 Å². The number of benzene rings is 1. The van der Waals surface area contributed by atoms with Crippen molar-refractivity contribution in [2.45, 2.75) is 33.0 Å². The van der Waals surface area contributed by atoms with E-state index in [4.69, 9.17) is 9.47 Å². The maximum Gasteiger partial charge on any atom is 0.408 e. The Hall–Kier alpha value is -1.40. The van der Waals surface area contributed by atoms with Gasteiger partial charge in [-0.1, -0.05) is 30.3 Å². The maximum atomic E-state index is 11.6. The average Bonchev–Trinajstić information content (AvgIpc) is 2.36. The minimum Gasteiger partial charge on any atom is -0.444 e. The Morgan fingerprint density at radius 1 is 1.25 bits per heavy atom. The second-order valence-electron chi connectivity index (χ2n) is 5.21. The molecular weight excluding hydrogens is 278 g/mol. The van der Waals surface area contributed by atoms with Crippen molar-refractivity contribution < 1.29 is 18.5 Å². The molecule has 5 nitrogen and oxygen atoms in total. The summed E-state index contributed by atoms with van der Waals surface area (Å²) in [6, 6.07) is 9.62. The number of carbonyl (C=O) groups excluding carboxylic acids is 1. The van der Waals surface area contributed by atoms with Gasteiger partial charge in [-0.15, -0.1) is 0 Å². The summed E-state index contributed by atoms with van der Waals surface area (Å²) in [5, 5.41) is 2.45. The minimum atomic E-state index is -1.28. The number of hydrogen-bond acceptors (Lipinski definition) is 4. The van der Waals surface area contributed by atoms with Crippen LogP contribution >= 0.6 is 0 Å². The summed E-state index contributed by atoms with van der Waals surface area (Å²) in [7, 11) is -1.28.